The van der Waals surface area contributed by atoms with Gasteiger partial charge in [0.15, 0.2) is 6.10 Å². The third-order valence-corrected chi connectivity index (χ3v) is 5.37. The van der Waals surface area contributed by atoms with Crippen molar-refractivity contribution in [1.82, 2.24) is 4.90 Å². The number of hydrogen-bond acceptors (Lipinski definition) is 3. The maximum absolute atomic E-state index is 14.0. The van der Waals surface area contributed by atoms with Gasteiger partial charge in [0.05, 0.1) is 12.3 Å². The molecular formula is C22H22F2N2O2. The molecular weight excluding hydrogens is 362 g/mol. The van der Waals surface area contributed by atoms with E-state index >= 15 is 0 Å². The van der Waals surface area contributed by atoms with Crippen LogP contribution in [-0.4, -0.2) is 29.2 Å². The Kier molecular flexibility index (Phi) is 5.37. The first-order chi connectivity index (χ1) is 13.6. The van der Waals surface area contributed by atoms with Crippen LogP contribution in [0, 0.1) is 17.6 Å². The average molecular weight is 384 g/mol. The van der Waals surface area contributed by atoms with Crippen molar-refractivity contribution in [3.63, 3.8) is 0 Å². The van der Waals surface area contributed by atoms with Gasteiger partial charge >= 0.3 is 0 Å². The van der Waals surface area contributed by atoms with Gasteiger partial charge in [-0.25, -0.2) is 8.78 Å². The molecule has 4 nitrogen and oxygen atoms in total. The van der Waals surface area contributed by atoms with Crippen LogP contribution in [0.4, 0.5) is 8.78 Å². The van der Waals surface area contributed by atoms with E-state index in [0.29, 0.717) is 30.8 Å². The molecule has 1 fully saturated rings. The highest BCUT2D eigenvalue weighted by Crippen LogP contribution is 2.30. The molecule has 2 aliphatic rings. The summed E-state index contributed by atoms with van der Waals surface area (Å²) in [5, 5.41) is 4.04. The first-order valence-electron chi connectivity index (χ1n) is 9.61. The highest BCUT2D eigenvalue weighted by Gasteiger charge is 2.33. The fourth-order valence-electron chi connectivity index (χ4n) is 3.63. The Bertz CT molecular complexity index is 896. The van der Waals surface area contributed by atoms with Gasteiger partial charge in [0, 0.05) is 24.4 Å². The first-order valence-corrected chi connectivity index (χ1v) is 9.61. The number of nitrogens with zero attached hydrogens (tertiary/aromatic N) is 2. The van der Waals surface area contributed by atoms with Crippen molar-refractivity contribution in [2.75, 3.05) is 6.54 Å². The van der Waals surface area contributed by atoms with Crippen molar-refractivity contribution < 1.29 is 18.4 Å². The number of oxime groups is 1. The minimum atomic E-state index is -0.341. The molecule has 0 saturated heterocycles. The number of amides is 1. The second-order valence-electron chi connectivity index (χ2n) is 7.43. The van der Waals surface area contributed by atoms with Crippen molar-refractivity contribution in [3.05, 3.63) is 71.3 Å². The quantitative estimate of drug-likeness (QED) is 0.746. The fourth-order valence-corrected chi connectivity index (χ4v) is 3.63. The maximum Gasteiger partial charge on any atom is 0.226 e. The van der Waals surface area contributed by atoms with Gasteiger partial charge in [-0.15, -0.1) is 0 Å². The van der Waals surface area contributed by atoms with Crippen LogP contribution in [-0.2, 0) is 16.2 Å². The molecule has 0 spiro atoms. The van der Waals surface area contributed by atoms with Crippen molar-refractivity contribution in [1.29, 1.82) is 0 Å². The lowest BCUT2D eigenvalue weighted by atomic mass is 9.84. The second kappa shape index (κ2) is 8.09. The summed E-state index contributed by atoms with van der Waals surface area (Å²) in [5.41, 5.74) is 1.71. The monoisotopic (exact) mass is 384 g/mol. The van der Waals surface area contributed by atoms with E-state index in [1.165, 1.54) is 18.2 Å². The Morgan fingerprint density at radius 2 is 1.96 bits per heavy atom. The van der Waals surface area contributed by atoms with Crippen LogP contribution < -0.4 is 0 Å². The highest BCUT2D eigenvalue weighted by molar-refractivity contribution is 6.01. The van der Waals surface area contributed by atoms with Crippen LogP contribution in [0.1, 0.15) is 36.8 Å². The summed E-state index contributed by atoms with van der Waals surface area (Å²) >= 11 is 0. The van der Waals surface area contributed by atoms with Crippen molar-refractivity contribution in [2.24, 2.45) is 11.1 Å². The zero-order chi connectivity index (χ0) is 19.5. The smallest absolute Gasteiger partial charge is 0.226 e. The van der Waals surface area contributed by atoms with Crippen LogP contribution in [0.25, 0.3) is 0 Å². The topological polar surface area (TPSA) is 41.9 Å². The standard InChI is InChI=1S/C22H22F2N2O2/c23-17-8-3-5-15(11-17)13-26(22(27)16-6-4-7-16)14-18-12-21(25-28-18)19-9-1-2-10-20(19)24/h1-3,5,8-11,16,18H,4,6-7,12-14H2. The van der Waals surface area contributed by atoms with E-state index in [4.69, 9.17) is 4.84 Å². The maximum atomic E-state index is 14.0. The lowest BCUT2D eigenvalue weighted by molar-refractivity contribution is -0.140. The Balaban J connectivity index is 1.45. The largest absolute Gasteiger partial charge is 0.390 e. The van der Waals surface area contributed by atoms with Crippen LogP contribution in [0.15, 0.2) is 53.7 Å². The molecule has 2 aromatic carbocycles. The zero-order valence-corrected chi connectivity index (χ0v) is 15.5. The molecule has 6 heteroatoms. The predicted molar refractivity (Wildman–Crippen MR) is 102 cm³/mol. The molecule has 1 unspecified atom stereocenters. The van der Waals surface area contributed by atoms with Crippen LogP contribution in [0.2, 0.25) is 0 Å². The van der Waals surface area contributed by atoms with E-state index in [9.17, 15) is 13.6 Å². The zero-order valence-electron chi connectivity index (χ0n) is 15.5. The summed E-state index contributed by atoms with van der Waals surface area (Å²) in [6.07, 6.45) is 2.93. The van der Waals surface area contributed by atoms with Gasteiger partial charge in [0.25, 0.3) is 0 Å². The molecule has 0 bridgehead atoms. The van der Waals surface area contributed by atoms with Crippen LogP contribution >= 0.6 is 0 Å². The third-order valence-electron chi connectivity index (χ3n) is 5.37. The Morgan fingerprint density at radius 3 is 2.68 bits per heavy atom. The fraction of sp³-hybridized carbons (Fsp3) is 0.364. The molecule has 1 atom stereocenters. The van der Waals surface area contributed by atoms with Gasteiger partial charge in [-0.05, 0) is 36.6 Å². The summed E-state index contributed by atoms with van der Waals surface area (Å²) in [4.78, 5) is 20.1. The Labute approximate surface area is 162 Å². The molecule has 1 saturated carbocycles. The number of hydrogen-bond donors (Lipinski definition) is 0. The van der Waals surface area contributed by atoms with E-state index in [1.54, 1.807) is 35.2 Å². The average Bonchev–Trinajstić information content (AvgIpc) is 3.08. The number of carbonyl (C=O) groups is 1. The molecule has 1 heterocycles. The van der Waals surface area contributed by atoms with Gasteiger partial charge in [-0.3, -0.25) is 4.79 Å². The predicted octanol–water partition coefficient (Wildman–Crippen LogP) is 4.29. The minimum Gasteiger partial charge on any atom is -0.390 e. The summed E-state index contributed by atoms with van der Waals surface area (Å²) in [6.45, 7) is 0.662. The number of benzene rings is 2. The normalized spacial score (nSPS) is 18.9. The molecule has 1 aliphatic carbocycles. The van der Waals surface area contributed by atoms with E-state index in [0.717, 1.165) is 24.8 Å². The van der Waals surface area contributed by atoms with Gasteiger partial charge in [-0.1, -0.05) is 41.9 Å². The second-order valence-corrected chi connectivity index (χ2v) is 7.43. The number of carbonyl (C=O) groups excluding carboxylic acids is 1. The number of rotatable bonds is 6. The van der Waals surface area contributed by atoms with Gasteiger partial charge < -0.3 is 9.74 Å². The minimum absolute atomic E-state index is 0.0296. The van der Waals surface area contributed by atoms with Crippen LogP contribution in [0.5, 0.6) is 0 Å². The molecule has 0 aromatic heterocycles. The molecule has 2 aromatic rings. The summed E-state index contributed by atoms with van der Waals surface area (Å²) in [7, 11) is 0. The van der Waals surface area contributed by atoms with Gasteiger partial charge in [0.2, 0.25) is 5.91 Å². The first kappa shape index (κ1) is 18.6. The van der Waals surface area contributed by atoms with E-state index in [2.05, 4.69) is 5.16 Å². The summed E-state index contributed by atoms with van der Waals surface area (Å²) in [6, 6.07) is 12.7. The van der Waals surface area contributed by atoms with Crippen LogP contribution in [0.3, 0.4) is 0 Å². The van der Waals surface area contributed by atoms with E-state index in [1.807, 2.05) is 0 Å². The Morgan fingerprint density at radius 1 is 1.14 bits per heavy atom. The molecule has 0 N–H and O–H groups in total. The van der Waals surface area contributed by atoms with E-state index in [-0.39, 0.29) is 29.6 Å². The van der Waals surface area contributed by atoms with E-state index < -0.39 is 0 Å². The SMILES string of the molecule is O=C(C1CCC1)N(Cc1cccc(F)c1)CC1CC(c2ccccc2F)=NO1. The van der Waals surface area contributed by atoms with Crippen molar-refractivity contribution in [2.45, 2.75) is 38.3 Å². The summed E-state index contributed by atoms with van der Waals surface area (Å²) < 4.78 is 27.6. The Hall–Kier alpha value is -2.76. The molecule has 1 aliphatic heterocycles. The van der Waals surface area contributed by atoms with Crippen molar-refractivity contribution in [3.8, 4) is 0 Å². The van der Waals surface area contributed by atoms with Crippen molar-refractivity contribution >= 4 is 11.6 Å². The molecule has 1 amide bonds. The molecule has 28 heavy (non-hydrogen) atoms. The molecule has 4 rings (SSSR count). The summed E-state index contributed by atoms with van der Waals surface area (Å²) in [5.74, 6) is -0.566. The van der Waals surface area contributed by atoms with Gasteiger partial charge in [-0.2, -0.15) is 0 Å². The van der Waals surface area contributed by atoms with Gasteiger partial charge in [0.1, 0.15) is 11.6 Å². The third kappa shape index (κ3) is 4.06. The lowest BCUT2D eigenvalue weighted by Gasteiger charge is -2.32. The molecule has 146 valence electrons. The number of halogens is 2. The lowest BCUT2D eigenvalue weighted by Crippen LogP contribution is -2.42. The highest BCUT2D eigenvalue weighted by atomic mass is 19.1. The molecule has 0 radical (unpaired) electrons.